The van der Waals surface area contributed by atoms with Crippen LogP contribution in [0, 0.1) is 6.92 Å². The lowest BCUT2D eigenvalue weighted by Crippen LogP contribution is -2.16. The van der Waals surface area contributed by atoms with E-state index in [0.29, 0.717) is 6.61 Å². The summed E-state index contributed by atoms with van der Waals surface area (Å²) in [4.78, 5) is 0. The summed E-state index contributed by atoms with van der Waals surface area (Å²) in [6.07, 6.45) is 1.96. The van der Waals surface area contributed by atoms with Gasteiger partial charge in [0.15, 0.2) is 0 Å². The SMILES string of the molecule is Cc1cc(Cc2cc(Br)ccc2Cl)ccc1O[C@H]1CCOC1. The van der Waals surface area contributed by atoms with Gasteiger partial charge in [0.2, 0.25) is 0 Å². The molecule has 2 nitrogen and oxygen atoms in total. The number of rotatable bonds is 4. The summed E-state index contributed by atoms with van der Waals surface area (Å²) in [5.74, 6) is 0.944. The number of benzene rings is 2. The molecular formula is C18H18BrClO2. The molecule has 0 saturated carbocycles. The Morgan fingerprint density at radius 2 is 2.14 bits per heavy atom. The van der Waals surface area contributed by atoms with E-state index >= 15 is 0 Å². The average molecular weight is 382 g/mol. The summed E-state index contributed by atoms with van der Waals surface area (Å²) in [6.45, 7) is 3.56. The fourth-order valence-electron chi connectivity index (χ4n) is 2.64. The smallest absolute Gasteiger partial charge is 0.124 e. The van der Waals surface area contributed by atoms with Crippen molar-refractivity contribution in [3.63, 3.8) is 0 Å². The molecule has 0 unspecified atom stereocenters. The van der Waals surface area contributed by atoms with Crippen LogP contribution in [0.25, 0.3) is 0 Å². The first-order chi connectivity index (χ1) is 10.6. The lowest BCUT2D eigenvalue weighted by molar-refractivity contribution is 0.141. The first-order valence-corrected chi connectivity index (χ1v) is 8.57. The van der Waals surface area contributed by atoms with Crippen molar-refractivity contribution >= 4 is 27.5 Å². The number of ether oxygens (including phenoxy) is 2. The molecule has 1 saturated heterocycles. The Morgan fingerprint density at radius 3 is 2.86 bits per heavy atom. The van der Waals surface area contributed by atoms with Crippen LogP contribution in [0.2, 0.25) is 5.02 Å². The van der Waals surface area contributed by atoms with Crippen LogP contribution < -0.4 is 4.74 Å². The van der Waals surface area contributed by atoms with E-state index in [0.717, 1.165) is 45.8 Å². The highest BCUT2D eigenvalue weighted by Crippen LogP contribution is 2.27. The monoisotopic (exact) mass is 380 g/mol. The fraction of sp³-hybridized carbons (Fsp3) is 0.333. The highest BCUT2D eigenvalue weighted by atomic mass is 79.9. The summed E-state index contributed by atoms with van der Waals surface area (Å²) >= 11 is 9.77. The van der Waals surface area contributed by atoms with Gasteiger partial charge in [-0.25, -0.2) is 0 Å². The maximum atomic E-state index is 6.27. The van der Waals surface area contributed by atoms with Crippen molar-refractivity contribution < 1.29 is 9.47 Å². The molecular weight excluding hydrogens is 364 g/mol. The Bertz CT molecular complexity index is 666. The van der Waals surface area contributed by atoms with Crippen LogP contribution in [0.1, 0.15) is 23.1 Å². The van der Waals surface area contributed by atoms with E-state index in [1.807, 2.05) is 12.1 Å². The van der Waals surface area contributed by atoms with Gasteiger partial charge in [-0.3, -0.25) is 0 Å². The molecule has 116 valence electrons. The van der Waals surface area contributed by atoms with Crippen molar-refractivity contribution in [2.45, 2.75) is 25.9 Å². The van der Waals surface area contributed by atoms with Gasteiger partial charge in [-0.15, -0.1) is 0 Å². The Morgan fingerprint density at radius 1 is 1.27 bits per heavy atom. The Balaban J connectivity index is 1.75. The quantitative estimate of drug-likeness (QED) is 0.727. The fourth-order valence-corrected chi connectivity index (χ4v) is 3.23. The Labute approximate surface area is 144 Å². The molecule has 4 heteroatoms. The van der Waals surface area contributed by atoms with Crippen molar-refractivity contribution in [1.29, 1.82) is 0 Å². The summed E-state index contributed by atoms with van der Waals surface area (Å²) in [5, 5.41) is 0.796. The van der Waals surface area contributed by atoms with Gasteiger partial charge in [0, 0.05) is 15.9 Å². The lowest BCUT2D eigenvalue weighted by atomic mass is 10.0. The van der Waals surface area contributed by atoms with Crippen LogP contribution in [0.3, 0.4) is 0 Å². The van der Waals surface area contributed by atoms with Gasteiger partial charge >= 0.3 is 0 Å². The van der Waals surface area contributed by atoms with Crippen LogP contribution in [0.5, 0.6) is 5.75 Å². The minimum Gasteiger partial charge on any atom is -0.488 e. The first kappa shape index (κ1) is 15.9. The molecule has 2 aromatic carbocycles. The van der Waals surface area contributed by atoms with Crippen LogP contribution in [-0.4, -0.2) is 19.3 Å². The summed E-state index contributed by atoms with van der Waals surface area (Å²) in [6, 6.07) is 12.3. The zero-order valence-electron chi connectivity index (χ0n) is 12.4. The average Bonchev–Trinajstić information content (AvgIpc) is 2.99. The molecule has 0 radical (unpaired) electrons. The molecule has 1 aliphatic rings. The zero-order chi connectivity index (χ0) is 15.5. The molecule has 1 aliphatic heterocycles. The third-order valence-electron chi connectivity index (χ3n) is 3.82. The summed E-state index contributed by atoms with van der Waals surface area (Å²) in [7, 11) is 0. The predicted octanol–water partition coefficient (Wildman–Crippen LogP) is 5.17. The lowest BCUT2D eigenvalue weighted by Gasteiger charge is -2.15. The number of halogens is 2. The number of hydrogen-bond acceptors (Lipinski definition) is 2. The third-order valence-corrected chi connectivity index (χ3v) is 4.69. The van der Waals surface area contributed by atoms with Crippen LogP contribution in [0.15, 0.2) is 40.9 Å². The standard InChI is InChI=1S/C18H18BrClO2/c1-12-8-13(9-14-10-15(19)3-4-17(14)20)2-5-18(12)22-16-6-7-21-11-16/h2-5,8,10,16H,6-7,9,11H2,1H3/t16-/m0/s1. The second-order valence-corrected chi connectivity index (χ2v) is 6.94. The number of hydrogen-bond donors (Lipinski definition) is 0. The van der Waals surface area contributed by atoms with Gasteiger partial charge < -0.3 is 9.47 Å². The molecule has 0 aromatic heterocycles. The highest BCUT2D eigenvalue weighted by molar-refractivity contribution is 9.10. The Kier molecular flexibility index (Phi) is 5.07. The van der Waals surface area contributed by atoms with Crippen LogP contribution in [-0.2, 0) is 11.2 Å². The minimum atomic E-state index is 0.184. The largest absolute Gasteiger partial charge is 0.488 e. The normalized spacial score (nSPS) is 17.7. The minimum absolute atomic E-state index is 0.184. The molecule has 0 amide bonds. The van der Waals surface area contributed by atoms with Crippen molar-refractivity contribution in [3.8, 4) is 5.75 Å². The van der Waals surface area contributed by atoms with Gasteiger partial charge in [0.25, 0.3) is 0 Å². The molecule has 3 rings (SSSR count). The van der Waals surface area contributed by atoms with E-state index in [4.69, 9.17) is 21.1 Å². The topological polar surface area (TPSA) is 18.5 Å². The van der Waals surface area contributed by atoms with Gasteiger partial charge in [0.1, 0.15) is 11.9 Å². The second kappa shape index (κ2) is 7.03. The summed E-state index contributed by atoms with van der Waals surface area (Å²) < 4.78 is 12.4. The van der Waals surface area contributed by atoms with E-state index in [1.54, 1.807) is 0 Å². The molecule has 1 fully saturated rings. The molecule has 0 aliphatic carbocycles. The molecule has 0 bridgehead atoms. The first-order valence-electron chi connectivity index (χ1n) is 7.39. The van der Waals surface area contributed by atoms with Gasteiger partial charge in [-0.05, 0) is 54.3 Å². The molecule has 0 N–H and O–H groups in total. The molecule has 2 aromatic rings. The van der Waals surface area contributed by atoms with Crippen LogP contribution >= 0.6 is 27.5 Å². The van der Waals surface area contributed by atoms with E-state index in [2.05, 4.69) is 47.1 Å². The molecule has 1 atom stereocenters. The predicted molar refractivity (Wildman–Crippen MR) is 93.0 cm³/mol. The van der Waals surface area contributed by atoms with Gasteiger partial charge in [-0.2, -0.15) is 0 Å². The summed E-state index contributed by atoms with van der Waals surface area (Å²) in [5.41, 5.74) is 3.50. The maximum absolute atomic E-state index is 6.27. The van der Waals surface area contributed by atoms with Crippen molar-refractivity contribution in [1.82, 2.24) is 0 Å². The molecule has 0 spiro atoms. The van der Waals surface area contributed by atoms with E-state index < -0.39 is 0 Å². The second-order valence-electron chi connectivity index (χ2n) is 5.62. The van der Waals surface area contributed by atoms with Crippen molar-refractivity contribution in [3.05, 3.63) is 62.6 Å². The van der Waals surface area contributed by atoms with Crippen molar-refractivity contribution in [2.75, 3.05) is 13.2 Å². The zero-order valence-corrected chi connectivity index (χ0v) is 14.8. The van der Waals surface area contributed by atoms with E-state index in [9.17, 15) is 0 Å². The maximum Gasteiger partial charge on any atom is 0.124 e. The third kappa shape index (κ3) is 3.83. The van der Waals surface area contributed by atoms with E-state index in [-0.39, 0.29) is 6.10 Å². The molecule has 1 heterocycles. The van der Waals surface area contributed by atoms with E-state index in [1.165, 1.54) is 5.56 Å². The number of aryl methyl sites for hydroxylation is 1. The van der Waals surface area contributed by atoms with Gasteiger partial charge in [0.05, 0.1) is 13.2 Å². The van der Waals surface area contributed by atoms with Gasteiger partial charge in [-0.1, -0.05) is 39.7 Å². The highest BCUT2D eigenvalue weighted by Gasteiger charge is 2.18. The van der Waals surface area contributed by atoms with Crippen molar-refractivity contribution in [2.24, 2.45) is 0 Å². The molecule has 22 heavy (non-hydrogen) atoms. The Hall–Kier alpha value is -1.03. The van der Waals surface area contributed by atoms with Crippen LogP contribution in [0.4, 0.5) is 0 Å².